The lowest BCUT2D eigenvalue weighted by molar-refractivity contribution is 0.484. The highest BCUT2D eigenvalue weighted by molar-refractivity contribution is 5.48. The summed E-state index contributed by atoms with van der Waals surface area (Å²) in [5, 5.41) is 0. The van der Waals surface area contributed by atoms with Crippen LogP contribution in [0.2, 0.25) is 0 Å². The highest BCUT2D eigenvalue weighted by Crippen LogP contribution is 2.24. The molecule has 0 aliphatic carbocycles. The van der Waals surface area contributed by atoms with Gasteiger partial charge in [0.15, 0.2) is 0 Å². The Morgan fingerprint density at radius 3 is 2.05 bits per heavy atom. The molecule has 0 N–H and O–H groups in total. The molecule has 1 nitrogen and oxygen atoms in total. The summed E-state index contributed by atoms with van der Waals surface area (Å²) in [7, 11) is 0. The van der Waals surface area contributed by atoms with Gasteiger partial charge in [0, 0.05) is 0 Å². The van der Waals surface area contributed by atoms with Crippen LogP contribution in [-0.4, -0.2) is 0 Å². The molecule has 0 fully saturated rings. The molecule has 0 atom stereocenters. The molecule has 0 aromatic heterocycles. The molecule has 0 amide bonds. The van der Waals surface area contributed by atoms with Gasteiger partial charge in [-0.3, -0.25) is 0 Å². The van der Waals surface area contributed by atoms with Crippen molar-refractivity contribution in [3.8, 4) is 5.75 Å². The van der Waals surface area contributed by atoms with E-state index in [4.69, 9.17) is 4.74 Å². The zero-order chi connectivity index (χ0) is 13.7. The van der Waals surface area contributed by atoms with Crippen molar-refractivity contribution in [2.45, 2.75) is 26.2 Å². The first-order valence-corrected chi connectivity index (χ1v) is 6.54. The summed E-state index contributed by atoms with van der Waals surface area (Å²) in [6.45, 7) is 6.62. The van der Waals surface area contributed by atoms with Crippen LogP contribution < -0.4 is 4.74 Å². The van der Waals surface area contributed by atoms with Gasteiger partial charge < -0.3 is 4.74 Å². The van der Waals surface area contributed by atoms with Crippen LogP contribution in [0.1, 0.15) is 31.9 Å². The van der Waals surface area contributed by atoms with Gasteiger partial charge in [0.1, 0.15) is 5.75 Å². The quantitative estimate of drug-likeness (QED) is 0.696. The summed E-state index contributed by atoms with van der Waals surface area (Å²) in [5.41, 5.74) is 2.62. The Balaban J connectivity index is 1.99. The molecule has 19 heavy (non-hydrogen) atoms. The van der Waals surface area contributed by atoms with E-state index >= 15 is 0 Å². The highest BCUT2D eigenvalue weighted by atomic mass is 16.5. The first kappa shape index (κ1) is 13.4. The SMILES string of the molecule is CC(C)(C)c1ccc(OC=Cc2ccccc2)cc1. The monoisotopic (exact) mass is 252 g/mol. The molecule has 0 unspecified atom stereocenters. The predicted molar refractivity (Wildman–Crippen MR) is 81.2 cm³/mol. The number of hydrogen-bond acceptors (Lipinski definition) is 1. The summed E-state index contributed by atoms with van der Waals surface area (Å²) >= 11 is 0. The maximum atomic E-state index is 5.60. The number of ether oxygens (including phenoxy) is 1. The van der Waals surface area contributed by atoms with Crippen LogP contribution >= 0.6 is 0 Å². The average molecular weight is 252 g/mol. The van der Waals surface area contributed by atoms with Gasteiger partial charge in [-0.2, -0.15) is 0 Å². The van der Waals surface area contributed by atoms with Gasteiger partial charge in [-0.05, 0) is 34.8 Å². The molecule has 0 saturated heterocycles. The smallest absolute Gasteiger partial charge is 0.126 e. The third-order valence-corrected chi connectivity index (χ3v) is 2.98. The summed E-state index contributed by atoms with van der Waals surface area (Å²) in [4.78, 5) is 0. The number of rotatable bonds is 3. The Kier molecular flexibility index (Phi) is 4.06. The van der Waals surface area contributed by atoms with Gasteiger partial charge in [0.25, 0.3) is 0 Å². The van der Waals surface area contributed by atoms with Gasteiger partial charge in [-0.25, -0.2) is 0 Å². The lowest BCUT2D eigenvalue weighted by Crippen LogP contribution is -2.10. The molecule has 0 aliphatic heterocycles. The van der Waals surface area contributed by atoms with E-state index in [9.17, 15) is 0 Å². The van der Waals surface area contributed by atoms with Gasteiger partial charge in [0.2, 0.25) is 0 Å². The van der Waals surface area contributed by atoms with Crippen LogP contribution in [0.4, 0.5) is 0 Å². The van der Waals surface area contributed by atoms with E-state index in [1.807, 2.05) is 48.5 Å². The Morgan fingerprint density at radius 1 is 0.842 bits per heavy atom. The maximum absolute atomic E-state index is 5.60. The Hall–Kier alpha value is -2.02. The molecule has 98 valence electrons. The lowest BCUT2D eigenvalue weighted by Gasteiger charge is -2.18. The molecular weight excluding hydrogens is 232 g/mol. The van der Waals surface area contributed by atoms with Crippen molar-refractivity contribution >= 4 is 6.08 Å². The Labute approximate surface area is 115 Å². The Bertz CT molecular complexity index is 530. The van der Waals surface area contributed by atoms with E-state index in [2.05, 4.69) is 32.9 Å². The summed E-state index contributed by atoms with van der Waals surface area (Å²) in [5.74, 6) is 0.861. The van der Waals surface area contributed by atoms with E-state index in [1.54, 1.807) is 6.26 Å². The van der Waals surface area contributed by atoms with E-state index in [0.717, 1.165) is 11.3 Å². The fraction of sp³-hybridized carbons (Fsp3) is 0.222. The van der Waals surface area contributed by atoms with E-state index in [0.29, 0.717) is 0 Å². The second-order valence-electron chi connectivity index (χ2n) is 5.61. The largest absolute Gasteiger partial charge is 0.465 e. The molecular formula is C18H20O. The molecule has 0 radical (unpaired) electrons. The number of benzene rings is 2. The minimum Gasteiger partial charge on any atom is -0.465 e. The molecule has 0 saturated carbocycles. The van der Waals surface area contributed by atoms with Crippen LogP contribution in [0.3, 0.4) is 0 Å². The van der Waals surface area contributed by atoms with Crippen molar-refractivity contribution in [1.82, 2.24) is 0 Å². The van der Waals surface area contributed by atoms with Gasteiger partial charge in [0.05, 0.1) is 6.26 Å². The van der Waals surface area contributed by atoms with Crippen LogP contribution in [0, 0.1) is 0 Å². The summed E-state index contributed by atoms with van der Waals surface area (Å²) < 4.78 is 5.60. The standard InChI is InChI=1S/C18H20O/c1-18(2,3)16-9-11-17(12-10-16)19-14-13-15-7-5-4-6-8-15/h4-14H,1-3H3. The van der Waals surface area contributed by atoms with Crippen molar-refractivity contribution in [3.63, 3.8) is 0 Å². The van der Waals surface area contributed by atoms with E-state index < -0.39 is 0 Å². The van der Waals surface area contributed by atoms with Crippen LogP contribution in [0.25, 0.3) is 6.08 Å². The molecule has 2 rings (SSSR count). The van der Waals surface area contributed by atoms with Crippen molar-refractivity contribution in [1.29, 1.82) is 0 Å². The minimum atomic E-state index is 0.179. The normalized spacial score (nSPS) is 11.7. The van der Waals surface area contributed by atoms with E-state index in [1.165, 1.54) is 5.56 Å². The molecule has 0 bridgehead atoms. The van der Waals surface area contributed by atoms with Gasteiger partial charge in [-0.15, -0.1) is 0 Å². The third kappa shape index (κ3) is 3.99. The van der Waals surface area contributed by atoms with Crippen molar-refractivity contribution in [2.24, 2.45) is 0 Å². The number of hydrogen-bond donors (Lipinski definition) is 0. The summed E-state index contributed by atoms with van der Waals surface area (Å²) in [6.07, 6.45) is 3.68. The molecule has 0 spiro atoms. The minimum absolute atomic E-state index is 0.179. The first-order chi connectivity index (χ1) is 9.05. The highest BCUT2D eigenvalue weighted by Gasteiger charge is 2.12. The molecule has 1 heteroatoms. The van der Waals surface area contributed by atoms with E-state index in [-0.39, 0.29) is 5.41 Å². The predicted octanol–water partition coefficient (Wildman–Crippen LogP) is 5.03. The second kappa shape index (κ2) is 5.75. The zero-order valence-corrected chi connectivity index (χ0v) is 11.8. The zero-order valence-electron chi connectivity index (χ0n) is 11.8. The average Bonchev–Trinajstić information content (AvgIpc) is 2.39. The van der Waals surface area contributed by atoms with Crippen LogP contribution in [0.5, 0.6) is 5.75 Å². The molecule has 0 heterocycles. The Morgan fingerprint density at radius 2 is 1.47 bits per heavy atom. The van der Waals surface area contributed by atoms with Crippen LogP contribution in [-0.2, 0) is 5.41 Å². The fourth-order valence-electron chi connectivity index (χ4n) is 1.79. The molecule has 0 aliphatic rings. The second-order valence-corrected chi connectivity index (χ2v) is 5.61. The molecule has 2 aromatic carbocycles. The summed E-state index contributed by atoms with van der Waals surface area (Å²) in [6, 6.07) is 18.4. The first-order valence-electron chi connectivity index (χ1n) is 6.54. The van der Waals surface area contributed by atoms with Gasteiger partial charge in [-0.1, -0.05) is 63.2 Å². The topological polar surface area (TPSA) is 9.23 Å². The molecule has 2 aromatic rings. The maximum Gasteiger partial charge on any atom is 0.126 e. The fourth-order valence-corrected chi connectivity index (χ4v) is 1.79. The third-order valence-electron chi connectivity index (χ3n) is 2.98. The van der Waals surface area contributed by atoms with Gasteiger partial charge >= 0.3 is 0 Å². The van der Waals surface area contributed by atoms with Crippen molar-refractivity contribution in [2.75, 3.05) is 0 Å². The van der Waals surface area contributed by atoms with Crippen molar-refractivity contribution in [3.05, 3.63) is 72.0 Å². The van der Waals surface area contributed by atoms with Crippen LogP contribution in [0.15, 0.2) is 60.9 Å². The van der Waals surface area contributed by atoms with Crippen molar-refractivity contribution < 1.29 is 4.74 Å². The lowest BCUT2D eigenvalue weighted by atomic mass is 9.87.